The Hall–Kier alpha value is -0.580. The number of thioether (sulfide) groups is 1. The third kappa shape index (κ3) is 9.12. The first-order valence-corrected chi connectivity index (χ1v) is 9.09. The molecule has 0 radical (unpaired) electrons. The minimum Gasteiger partial charge on any atom is -0.271 e. The van der Waals surface area contributed by atoms with E-state index < -0.39 is 0 Å². The van der Waals surface area contributed by atoms with E-state index in [1.54, 1.807) is 11.8 Å². The van der Waals surface area contributed by atoms with Crippen LogP contribution in [-0.2, 0) is 0 Å². The van der Waals surface area contributed by atoms with Crippen molar-refractivity contribution in [1.82, 2.24) is 5.43 Å². The standard InChI is InChI=1S/C17H29FN2S/c1-2-3-4-5-6-7-8-9-16(20-19)14-21-17-12-10-15(18)11-13-17/h10-13,16,20H,2-9,14,19H2,1H3. The SMILES string of the molecule is CCCCCCCCCC(CSc1ccc(F)cc1)NN. The molecule has 0 amide bonds. The van der Waals surface area contributed by atoms with E-state index in [2.05, 4.69) is 12.3 Å². The average Bonchev–Trinajstić information content (AvgIpc) is 2.51. The van der Waals surface area contributed by atoms with Gasteiger partial charge in [-0.3, -0.25) is 11.3 Å². The van der Waals surface area contributed by atoms with Crippen LogP contribution in [0.25, 0.3) is 0 Å². The zero-order valence-electron chi connectivity index (χ0n) is 13.1. The van der Waals surface area contributed by atoms with Crippen LogP contribution < -0.4 is 11.3 Å². The molecule has 0 aliphatic heterocycles. The van der Waals surface area contributed by atoms with Gasteiger partial charge >= 0.3 is 0 Å². The lowest BCUT2D eigenvalue weighted by atomic mass is 10.1. The van der Waals surface area contributed by atoms with Crippen molar-refractivity contribution in [3.8, 4) is 0 Å². The van der Waals surface area contributed by atoms with E-state index in [1.807, 2.05) is 12.1 Å². The molecule has 3 N–H and O–H groups in total. The van der Waals surface area contributed by atoms with E-state index in [4.69, 9.17) is 5.84 Å². The Labute approximate surface area is 133 Å². The van der Waals surface area contributed by atoms with Crippen LogP contribution in [0.1, 0.15) is 58.3 Å². The Bertz CT molecular complexity index is 356. The fourth-order valence-corrected chi connectivity index (χ4v) is 3.28. The Morgan fingerprint density at radius 3 is 2.29 bits per heavy atom. The van der Waals surface area contributed by atoms with Crippen LogP contribution in [0.2, 0.25) is 0 Å². The molecule has 0 bridgehead atoms. The van der Waals surface area contributed by atoms with Crippen LogP contribution in [-0.4, -0.2) is 11.8 Å². The molecule has 0 spiro atoms. The molecule has 2 nitrogen and oxygen atoms in total. The van der Waals surface area contributed by atoms with Crippen LogP contribution in [0.5, 0.6) is 0 Å². The highest BCUT2D eigenvalue weighted by molar-refractivity contribution is 7.99. The fraction of sp³-hybridized carbons (Fsp3) is 0.647. The normalized spacial score (nSPS) is 12.5. The van der Waals surface area contributed by atoms with Gasteiger partial charge in [-0.2, -0.15) is 0 Å². The molecule has 0 fully saturated rings. The summed E-state index contributed by atoms with van der Waals surface area (Å²) in [6.45, 7) is 2.25. The summed E-state index contributed by atoms with van der Waals surface area (Å²) in [6.07, 6.45) is 10.4. The summed E-state index contributed by atoms with van der Waals surface area (Å²) >= 11 is 1.73. The summed E-state index contributed by atoms with van der Waals surface area (Å²) in [6, 6.07) is 6.98. The van der Waals surface area contributed by atoms with Crippen LogP contribution in [0.4, 0.5) is 4.39 Å². The summed E-state index contributed by atoms with van der Waals surface area (Å²) in [5.74, 6) is 6.36. The van der Waals surface area contributed by atoms with Gasteiger partial charge in [-0.15, -0.1) is 11.8 Å². The Morgan fingerprint density at radius 1 is 1.05 bits per heavy atom. The molecule has 4 heteroatoms. The number of hydrazine groups is 1. The maximum Gasteiger partial charge on any atom is 0.123 e. The molecule has 1 rings (SSSR count). The molecule has 0 aromatic heterocycles. The number of nitrogens with one attached hydrogen (secondary N) is 1. The Balaban J connectivity index is 2.09. The van der Waals surface area contributed by atoms with Gasteiger partial charge in [0.2, 0.25) is 0 Å². The summed E-state index contributed by atoms with van der Waals surface area (Å²) in [7, 11) is 0. The minimum absolute atomic E-state index is 0.184. The maximum absolute atomic E-state index is 12.8. The molecule has 1 aromatic rings. The highest BCUT2D eigenvalue weighted by atomic mass is 32.2. The molecule has 0 heterocycles. The van der Waals surface area contributed by atoms with Crippen LogP contribution in [0.3, 0.4) is 0 Å². The second kappa shape index (κ2) is 12.0. The molecule has 0 aliphatic carbocycles. The Morgan fingerprint density at radius 2 is 1.67 bits per heavy atom. The molecule has 1 aromatic carbocycles. The molecular formula is C17H29FN2S. The van der Waals surface area contributed by atoms with Crippen molar-refractivity contribution in [2.45, 2.75) is 69.2 Å². The van der Waals surface area contributed by atoms with Crippen molar-refractivity contribution in [3.63, 3.8) is 0 Å². The monoisotopic (exact) mass is 312 g/mol. The van der Waals surface area contributed by atoms with Crippen molar-refractivity contribution in [1.29, 1.82) is 0 Å². The van der Waals surface area contributed by atoms with Gasteiger partial charge in [0, 0.05) is 16.7 Å². The molecule has 120 valence electrons. The van der Waals surface area contributed by atoms with Crippen molar-refractivity contribution in [2.24, 2.45) is 5.84 Å². The number of benzene rings is 1. The van der Waals surface area contributed by atoms with Crippen LogP contribution in [0, 0.1) is 5.82 Å². The topological polar surface area (TPSA) is 38.0 Å². The maximum atomic E-state index is 12.8. The van der Waals surface area contributed by atoms with Gasteiger partial charge in [0.05, 0.1) is 0 Å². The number of nitrogens with two attached hydrogens (primary N) is 1. The highest BCUT2D eigenvalue weighted by Gasteiger charge is 2.07. The molecule has 21 heavy (non-hydrogen) atoms. The first-order valence-electron chi connectivity index (χ1n) is 8.10. The van der Waals surface area contributed by atoms with Gasteiger partial charge < -0.3 is 0 Å². The zero-order valence-corrected chi connectivity index (χ0v) is 13.9. The quantitative estimate of drug-likeness (QED) is 0.250. The summed E-state index contributed by atoms with van der Waals surface area (Å²) < 4.78 is 12.8. The molecule has 0 aliphatic rings. The second-order valence-corrected chi connectivity index (χ2v) is 6.63. The Kier molecular flexibility index (Phi) is 10.6. The lowest BCUT2D eigenvalue weighted by Gasteiger charge is -2.15. The minimum atomic E-state index is -0.184. The number of hydrogen-bond donors (Lipinski definition) is 2. The first kappa shape index (κ1) is 18.5. The van der Waals surface area contributed by atoms with E-state index in [1.165, 1.54) is 57.1 Å². The summed E-state index contributed by atoms with van der Waals surface area (Å²) in [4.78, 5) is 1.09. The molecule has 0 saturated carbocycles. The van der Waals surface area contributed by atoms with Crippen molar-refractivity contribution in [3.05, 3.63) is 30.1 Å². The highest BCUT2D eigenvalue weighted by Crippen LogP contribution is 2.20. The third-order valence-corrected chi connectivity index (χ3v) is 4.83. The van der Waals surface area contributed by atoms with E-state index >= 15 is 0 Å². The lowest BCUT2D eigenvalue weighted by molar-refractivity contribution is 0.492. The molecule has 1 atom stereocenters. The molecule has 1 unspecified atom stereocenters. The van der Waals surface area contributed by atoms with E-state index in [0.717, 1.165) is 17.1 Å². The average molecular weight is 312 g/mol. The van der Waals surface area contributed by atoms with E-state index in [0.29, 0.717) is 6.04 Å². The van der Waals surface area contributed by atoms with Gasteiger partial charge in [-0.05, 0) is 30.7 Å². The van der Waals surface area contributed by atoms with Gasteiger partial charge in [0.15, 0.2) is 0 Å². The number of hydrogen-bond acceptors (Lipinski definition) is 3. The second-order valence-electron chi connectivity index (χ2n) is 5.54. The third-order valence-electron chi connectivity index (χ3n) is 3.66. The predicted molar refractivity (Wildman–Crippen MR) is 90.8 cm³/mol. The fourth-order valence-electron chi connectivity index (χ4n) is 2.29. The largest absolute Gasteiger partial charge is 0.271 e. The zero-order chi connectivity index (χ0) is 15.3. The predicted octanol–water partition coefficient (Wildman–Crippen LogP) is 4.89. The van der Waals surface area contributed by atoms with Gasteiger partial charge in [-0.25, -0.2) is 4.39 Å². The van der Waals surface area contributed by atoms with E-state index in [-0.39, 0.29) is 5.82 Å². The smallest absolute Gasteiger partial charge is 0.123 e. The van der Waals surface area contributed by atoms with Gasteiger partial charge in [-0.1, -0.05) is 51.9 Å². The van der Waals surface area contributed by atoms with Gasteiger partial charge in [0.1, 0.15) is 5.82 Å². The molecular weight excluding hydrogens is 283 g/mol. The number of rotatable bonds is 12. The van der Waals surface area contributed by atoms with Gasteiger partial charge in [0.25, 0.3) is 0 Å². The first-order chi connectivity index (χ1) is 10.3. The lowest BCUT2D eigenvalue weighted by Crippen LogP contribution is -2.36. The molecule has 0 saturated heterocycles. The summed E-state index contributed by atoms with van der Waals surface area (Å²) in [5, 5.41) is 0. The van der Waals surface area contributed by atoms with Crippen molar-refractivity contribution >= 4 is 11.8 Å². The van der Waals surface area contributed by atoms with E-state index in [9.17, 15) is 4.39 Å². The van der Waals surface area contributed by atoms with Crippen molar-refractivity contribution in [2.75, 3.05) is 5.75 Å². The number of halogens is 1. The number of unbranched alkanes of at least 4 members (excludes halogenated alkanes) is 6. The van der Waals surface area contributed by atoms with Crippen LogP contribution >= 0.6 is 11.8 Å². The summed E-state index contributed by atoms with van der Waals surface area (Å²) in [5.41, 5.74) is 2.90. The van der Waals surface area contributed by atoms with Crippen LogP contribution in [0.15, 0.2) is 29.2 Å². The van der Waals surface area contributed by atoms with Crippen molar-refractivity contribution < 1.29 is 4.39 Å².